The van der Waals surface area contributed by atoms with E-state index in [1.807, 2.05) is 31.2 Å². The molecule has 0 saturated carbocycles. The molecule has 24 heavy (non-hydrogen) atoms. The molecule has 6 heteroatoms. The summed E-state index contributed by atoms with van der Waals surface area (Å²) in [6.45, 7) is 1.78. The summed E-state index contributed by atoms with van der Waals surface area (Å²) in [6, 6.07) is 12.3. The number of amides is 2. The first kappa shape index (κ1) is 17.3. The third kappa shape index (κ3) is 4.25. The van der Waals surface area contributed by atoms with E-state index in [9.17, 15) is 9.59 Å². The van der Waals surface area contributed by atoms with Gasteiger partial charge >= 0.3 is 0 Å². The van der Waals surface area contributed by atoms with Crippen LogP contribution in [0, 0.1) is 6.92 Å². The van der Waals surface area contributed by atoms with Gasteiger partial charge in [-0.15, -0.1) is 0 Å². The van der Waals surface area contributed by atoms with Gasteiger partial charge in [-0.25, -0.2) is 0 Å². The average Bonchev–Trinajstić information content (AvgIpc) is 2.61. The topological polar surface area (TPSA) is 76.7 Å². The van der Waals surface area contributed by atoms with Crippen LogP contribution in [0.3, 0.4) is 0 Å². The quantitative estimate of drug-likeness (QED) is 0.853. The van der Waals surface area contributed by atoms with Crippen molar-refractivity contribution in [3.63, 3.8) is 0 Å². The Morgan fingerprint density at radius 3 is 2.38 bits per heavy atom. The molecule has 0 unspecified atom stereocenters. The number of benzene rings is 2. The fourth-order valence-electron chi connectivity index (χ4n) is 2.15. The zero-order valence-corrected chi connectivity index (χ0v) is 13.9. The maximum atomic E-state index is 12.1. The first-order valence-electron chi connectivity index (χ1n) is 7.41. The van der Waals surface area contributed by atoms with Crippen LogP contribution in [0.5, 0.6) is 11.5 Å². The van der Waals surface area contributed by atoms with Crippen molar-refractivity contribution in [3.8, 4) is 11.5 Å². The molecular formula is C18H20N2O4. The number of anilines is 1. The van der Waals surface area contributed by atoms with Crippen molar-refractivity contribution in [2.75, 3.05) is 26.1 Å². The van der Waals surface area contributed by atoms with E-state index in [1.54, 1.807) is 18.2 Å². The Morgan fingerprint density at radius 2 is 1.71 bits per heavy atom. The van der Waals surface area contributed by atoms with Gasteiger partial charge in [0.2, 0.25) is 5.91 Å². The lowest BCUT2D eigenvalue weighted by Crippen LogP contribution is -2.33. The highest BCUT2D eigenvalue weighted by Crippen LogP contribution is 2.27. The van der Waals surface area contributed by atoms with Crippen LogP contribution in [0.1, 0.15) is 15.9 Å². The van der Waals surface area contributed by atoms with E-state index in [1.165, 1.54) is 14.2 Å². The zero-order valence-electron chi connectivity index (χ0n) is 13.9. The summed E-state index contributed by atoms with van der Waals surface area (Å²) in [5.41, 5.74) is 2.07. The molecule has 0 radical (unpaired) electrons. The Morgan fingerprint density at radius 1 is 1.00 bits per heavy atom. The van der Waals surface area contributed by atoms with Gasteiger partial charge in [0.1, 0.15) is 0 Å². The molecule has 0 aliphatic rings. The Balaban J connectivity index is 1.95. The number of ether oxygens (including phenoxy) is 2. The minimum absolute atomic E-state index is 0.123. The van der Waals surface area contributed by atoms with E-state index in [2.05, 4.69) is 10.6 Å². The summed E-state index contributed by atoms with van der Waals surface area (Å²) in [5, 5.41) is 5.34. The third-order valence-electron chi connectivity index (χ3n) is 3.47. The van der Waals surface area contributed by atoms with E-state index >= 15 is 0 Å². The first-order chi connectivity index (χ1) is 11.5. The zero-order chi connectivity index (χ0) is 17.5. The van der Waals surface area contributed by atoms with Gasteiger partial charge < -0.3 is 20.1 Å². The van der Waals surface area contributed by atoms with Crippen LogP contribution in [0.2, 0.25) is 0 Å². The van der Waals surface area contributed by atoms with E-state index in [-0.39, 0.29) is 18.4 Å². The second-order valence-electron chi connectivity index (χ2n) is 5.12. The number of methoxy groups -OCH3 is 2. The molecule has 2 aromatic rings. The molecule has 0 aromatic heterocycles. The number of rotatable bonds is 6. The summed E-state index contributed by atoms with van der Waals surface area (Å²) in [4.78, 5) is 24.1. The van der Waals surface area contributed by atoms with Crippen molar-refractivity contribution in [1.82, 2.24) is 5.32 Å². The maximum absolute atomic E-state index is 12.1. The summed E-state index contributed by atoms with van der Waals surface area (Å²) in [7, 11) is 3.02. The Kier molecular flexibility index (Phi) is 5.78. The van der Waals surface area contributed by atoms with Gasteiger partial charge in [0.15, 0.2) is 11.5 Å². The number of hydrogen-bond donors (Lipinski definition) is 2. The SMILES string of the molecule is COc1ccc(C(=O)NCC(=O)Nc2ccccc2C)cc1OC. The van der Waals surface area contributed by atoms with Crippen LogP contribution >= 0.6 is 0 Å². The van der Waals surface area contributed by atoms with Crippen molar-refractivity contribution >= 4 is 17.5 Å². The molecule has 0 atom stereocenters. The van der Waals surface area contributed by atoms with Gasteiger partial charge in [-0.3, -0.25) is 9.59 Å². The van der Waals surface area contributed by atoms with Crippen LogP contribution in [0.25, 0.3) is 0 Å². The van der Waals surface area contributed by atoms with E-state index in [0.29, 0.717) is 17.1 Å². The lowest BCUT2D eigenvalue weighted by molar-refractivity contribution is -0.115. The molecule has 126 valence electrons. The Bertz CT molecular complexity index is 744. The number of para-hydroxylation sites is 1. The van der Waals surface area contributed by atoms with Gasteiger partial charge in [0.25, 0.3) is 5.91 Å². The predicted octanol–water partition coefficient (Wildman–Crippen LogP) is 2.38. The molecule has 0 aliphatic heterocycles. The second kappa shape index (κ2) is 8.01. The fraction of sp³-hybridized carbons (Fsp3) is 0.222. The van der Waals surface area contributed by atoms with Gasteiger partial charge in [0, 0.05) is 11.3 Å². The van der Waals surface area contributed by atoms with Gasteiger partial charge in [-0.05, 0) is 36.8 Å². The molecular weight excluding hydrogens is 308 g/mol. The number of aryl methyl sites for hydroxylation is 1. The molecule has 0 aliphatic carbocycles. The summed E-state index contributed by atoms with van der Waals surface area (Å²) in [6.07, 6.45) is 0. The number of nitrogens with one attached hydrogen (secondary N) is 2. The fourth-order valence-corrected chi connectivity index (χ4v) is 2.15. The standard InChI is InChI=1S/C18H20N2O4/c1-12-6-4-5-7-14(12)20-17(21)11-19-18(22)13-8-9-15(23-2)16(10-13)24-3/h4-10H,11H2,1-3H3,(H,19,22)(H,20,21). The van der Waals surface area contributed by atoms with Crippen molar-refractivity contribution in [2.24, 2.45) is 0 Å². The van der Waals surface area contributed by atoms with E-state index in [0.717, 1.165) is 11.3 Å². The largest absolute Gasteiger partial charge is 0.493 e. The molecule has 0 heterocycles. The second-order valence-corrected chi connectivity index (χ2v) is 5.12. The van der Waals surface area contributed by atoms with Crippen molar-refractivity contribution < 1.29 is 19.1 Å². The molecule has 0 saturated heterocycles. The summed E-state index contributed by atoms with van der Waals surface area (Å²) < 4.78 is 10.3. The smallest absolute Gasteiger partial charge is 0.251 e. The van der Waals surface area contributed by atoms with Crippen LogP contribution in [0.4, 0.5) is 5.69 Å². The lowest BCUT2D eigenvalue weighted by atomic mass is 10.2. The van der Waals surface area contributed by atoms with Gasteiger partial charge in [0.05, 0.1) is 20.8 Å². The van der Waals surface area contributed by atoms with Crippen LogP contribution in [-0.4, -0.2) is 32.6 Å². The lowest BCUT2D eigenvalue weighted by Gasteiger charge is -2.11. The van der Waals surface area contributed by atoms with Crippen LogP contribution in [0.15, 0.2) is 42.5 Å². The average molecular weight is 328 g/mol. The predicted molar refractivity (Wildman–Crippen MR) is 91.7 cm³/mol. The minimum Gasteiger partial charge on any atom is -0.493 e. The highest BCUT2D eigenvalue weighted by atomic mass is 16.5. The Hall–Kier alpha value is -3.02. The van der Waals surface area contributed by atoms with Crippen LogP contribution < -0.4 is 20.1 Å². The molecule has 6 nitrogen and oxygen atoms in total. The number of carbonyl (C=O) groups is 2. The maximum Gasteiger partial charge on any atom is 0.251 e. The molecule has 0 bridgehead atoms. The first-order valence-corrected chi connectivity index (χ1v) is 7.41. The van der Waals surface area contributed by atoms with Crippen molar-refractivity contribution in [2.45, 2.75) is 6.92 Å². The molecule has 0 fully saturated rings. The van der Waals surface area contributed by atoms with Gasteiger partial charge in [-0.1, -0.05) is 18.2 Å². The summed E-state index contributed by atoms with van der Waals surface area (Å²) >= 11 is 0. The molecule has 0 spiro atoms. The van der Waals surface area contributed by atoms with Crippen molar-refractivity contribution in [3.05, 3.63) is 53.6 Å². The van der Waals surface area contributed by atoms with Gasteiger partial charge in [-0.2, -0.15) is 0 Å². The van der Waals surface area contributed by atoms with Crippen molar-refractivity contribution in [1.29, 1.82) is 0 Å². The molecule has 2 N–H and O–H groups in total. The molecule has 2 amide bonds. The third-order valence-corrected chi connectivity index (χ3v) is 3.47. The van der Waals surface area contributed by atoms with E-state index < -0.39 is 0 Å². The molecule has 2 rings (SSSR count). The number of carbonyl (C=O) groups excluding carboxylic acids is 2. The summed E-state index contributed by atoms with van der Waals surface area (Å²) in [5.74, 6) is 0.329. The number of hydrogen-bond acceptors (Lipinski definition) is 4. The minimum atomic E-state index is -0.365. The normalized spacial score (nSPS) is 9.96. The highest BCUT2D eigenvalue weighted by molar-refractivity contribution is 5.99. The highest BCUT2D eigenvalue weighted by Gasteiger charge is 2.12. The monoisotopic (exact) mass is 328 g/mol. The van der Waals surface area contributed by atoms with Crippen LogP contribution in [-0.2, 0) is 4.79 Å². The Labute approximate surface area is 140 Å². The van der Waals surface area contributed by atoms with E-state index in [4.69, 9.17) is 9.47 Å². The molecule has 2 aromatic carbocycles.